The number of likely N-dealkylation sites (tertiary alicyclic amines) is 1. The Labute approximate surface area is 95.4 Å². The lowest BCUT2D eigenvalue weighted by Crippen LogP contribution is -2.59. The van der Waals surface area contributed by atoms with Crippen LogP contribution in [0.1, 0.15) is 12.0 Å². The van der Waals surface area contributed by atoms with Crippen LogP contribution in [-0.4, -0.2) is 30.4 Å². The van der Waals surface area contributed by atoms with E-state index in [-0.39, 0.29) is 11.3 Å². The summed E-state index contributed by atoms with van der Waals surface area (Å²) in [6.45, 7) is 3.68. The van der Waals surface area contributed by atoms with Crippen LogP contribution in [0, 0.1) is 5.41 Å². The van der Waals surface area contributed by atoms with Crippen molar-refractivity contribution in [1.29, 1.82) is 0 Å². The largest absolute Gasteiger partial charge is 0.355 e. The first-order valence-electron chi connectivity index (χ1n) is 5.83. The average Bonchev–Trinajstić information content (AvgIpc) is 2.62. The summed E-state index contributed by atoms with van der Waals surface area (Å²) in [6.07, 6.45) is 1.01. The van der Waals surface area contributed by atoms with Gasteiger partial charge < -0.3 is 5.32 Å². The van der Waals surface area contributed by atoms with E-state index < -0.39 is 0 Å². The van der Waals surface area contributed by atoms with Crippen molar-refractivity contribution in [3.8, 4) is 0 Å². The Morgan fingerprint density at radius 2 is 2.00 bits per heavy atom. The van der Waals surface area contributed by atoms with E-state index in [9.17, 15) is 4.79 Å². The number of nitrogens with one attached hydrogen (secondary N) is 1. The Morgan fingerprint density at radius 3 is 2.62 bits per heavy atom. The first-order chi connectivity index (χ1) is 7.78. The summed E-state index contributed by atoms with van der Waals surface area (Å²) in [4.78, 5) is 14.0. The smallest absolute Gasteiger partial charge is 0.228 e. The summed E-state index contributed by atoms with van der Waals surface area (Å²) in [7, 11) is 0. The number of amides is 1. The van der Waals surface area contributed by atoms with Crippen molar-refractivity contribution in [2.75, 3.05) is 19.6 Å². The molecule has 2 heterocycles. The van der Waals surface area contributed by atoms with Crippen LogP contribution in [-0.2, 0) is 11.3 Å². The zero-order chi connectivity index (χ0) is 11.0. The van der Waals surface area contributed by atoms with Gasteiger partial charge in [-0.15, -0.1) is 0 Å². The Morgan fingerprint density at radius 1 is 1.25 bits per heavy atom. The van der Waals surface area contributed by atoms with Gasteiger partial charge in [0.15, 0.2) is 0 Å². The van der Waals surface area contributed by atoms with Gasteiger partial charge in [-0.25, -0.2) is 0 Å². The van der Waals surface area contributed by atoms with Crippen molar-refractivity contribution < 1.29 is 4.79 Å². The third-order valence-corrected chi connectivity index (χ3v) is 3.67. The second kappa shape index (κ2) is 3.59. The van der Waals surface area contributed by atoms with Crippen molar-refractivity contribution in [2.24, 2.45) is 5.41 Å². The topological polar surface area (TPSA) is 32.3 Å². The van der Waals surface area contributed by atoms with Gasteiger partial charge in [0.2, 0.25) is 5.91 Å². The molecule has 3 rings (SSSR count). The van der Waals surface area contributed by atoms with E-state index in [0.717, 1.165) is 32.6 Å². The molecule has 16 heavy (non-hydrogen) atoms. The molecule has 1 N–H and O–H groups in total. The first-order valence-corrected chi connectivity index (χ1v) is 5.83. The van der Waals surface area contributed by atoms with Crippen molar-refractivity contribution in [3.05, 3.63) is 35.9 Å². The maximum Gasteiger partial charge on any atom is 0.228 e. The molecule has 3 heteroatoms. The molecule has 0 unspecified atom stereocenters. The molecule has 0 radical (unpaired) electrons. The summed E-state index contributed by atoms with van der Waals surface area (Å²) < 4.78 is 0. The van der Waals surface area contributed by atoms with Crippen molar-refractivity contribution in [1.82, 2.24) is 10.2 Å². The molecule has 2 saturated heterocycles. The minimum absolute atomic E-state index is 0.0468. The van der Waals surface area contributed by atoms with Gasteiger partial charge in [-0.3, -0.25) is 9.69 Å². The standard InChI is InChI=1S/C13H16N2O/c16-12-13(6-7-14-12)9-15(10-13)8-11-4-2-1-3-5-11/h1-5H,6-10H2,(H,14,16). The highest BCUT2D eigenvalue weighted by molar-refractivity contribution is 5.86. The molecule has 0 bridgehead atoms. The minimum Gasteiger partial charge on any atom is -0.355 e. The van der Waals surface area contributed by atoms with Gasteiger partial charge >= 0.3 is 0 Å². The third kappa shape index (κ3) is 1.52. The first kappa shape index (κ1) is 9.85. The monoisotopic (exact) mass is 216 g/mol. The SMILES string of the molecule is O=C1NCCC12CN(Cc1ccccc1)C2. The summed E-state index contributed by atoms with van der Waals surface area (Å²) in [5.41, 5.74) is 1.28. The molecule has 0 aromatic heterocycles. The van der Waals surface area contributed by atoms with E-state index in [4.69, 9.17) is 0 Å². The van der Waals surface area contributed by atoms with Crippen molar-refractivity contribution in [3.63, 3.8) is 0 Å². The maximum atomic E-state index is 11.6. The van der Waals surface area contributed by atoms with Crippen molar-refractivity contribution >= 4 is 5.91 Å². The number of carbonyl (C=O) groups is 1. The summed E-state index contributed by atoms with van der Waals surface area (Å²) in [5, 5.41) is 2.93. The fraction of sp³-hybridized carbons (Fsp3) is 0.462. The van der Waals surface area contributed by atoms with Crippen LogP contribution >= 0.6 is 0 Å². The predicted molar refractivity (Wildman–Crippen MR) is 61.8 cm³/mol. The number of rotatable bonds is 2. The molecule has 0 atom stereocenters. The zero-order valence-corrected chi connectivity index (χ0v) is 9.28. The highest BCUT2D eigenvalue weighted by Gasteiger charge is 2.51. The van der Waals surface area contributed by atoms with Gasteiger partial charge in [0.25, 0.3) is 0 Å². The molecular formula is C13H16N2O. The molecule has 2 fully saturated rings. The van der Waals surface area contributed by atoms with Crippen LogP contribution < -0.4 is 5.32 Å². The van der Waals surface area contributed by atoms with Crippen LogP contribution in [0.15, 0.2) is 30.3 Å². The summed E-state index contributed by atoms with van der Waals surface area (Å²) >= 11 is 0. The van der Waals surface area contributed by atoms with Crippen LogP contribution in [0.25, 0.3) is 0 Å². The molecular weight excluding hydrogens is 200 g/mol. The Hall–Kier alpha value is -1.35. The normalized spacial score (nSPS) is 23.1. The Balaban J connectivity index is 1.60. The van der Waals surface area contributed by atoms with Gasteiger partial charge in [-0.2, -0.15) is 0 Å². The van der Waals surface area contributed by atoms with E-state index in [0.29, 0.717) is 0 Å². The molecule has 1 spiro atoms. The third-order valence-electron chi connectivity index (χ3n) is 3.67. The molecule has 2 aliphatic rings. The van der Waals surface area contributed by atoms with Crippen LogP contribution in [0.3, 0.4) is 0 Å². The molecule has 0 aliphatic carbocycles. The van der Waals surface area contributed by atoms with Gasteiger partial charge in [0.05, 0.1) is 5.41 Å². The average molecular weight is 216 g/mol. The number of carbonyl (C=O) groups excluding carboxylic acids is 1. The fourth-order valence-corrected chi connectivity index (χ4v) is 2.78. The molecule has 2 aliphatic heterocycles. The Bertz CT molecular complexity index is 396. The van der Waals surface area contributed by atoms with E-state index in [1.165, 1.54) is 5.56 Å². The molecule has 1 aromatic carbocycles. The number of nitrogens with zero attached hydrogens (tertiary/aromatic N) is 1. The van der Waals surface area contributed by atoms with Gasteiger partial charge in [0, 0.05) is 26.2 Å². The van der Waals surface area contributed by atoms with Crippen LogP contribution in [0.4, 0.5) is 0 Å². The van der Waals surface area contributed by atoms with E-state index in [1.54, 1.807) is 0 Å². The lowest BCUT2D eigenvalue weighted by atomic mass is 9.78. The maximum absolute atomic E-state index is 11.6. The lowest BCUT2D eigenvalue weighted by molar-refractivity contribution is -0.137. The fourth-order valence-electron chi connectivity index (χ4n) is 2.78. The van der Waals surface area contributed by atoms with Gasteiger partial charge in [0.1, 0.15) is 0 Å². The second-order valence-electron chi connectivity index (χ2n) is 4.92. The van der Waals surface area contributed by atoms with E-state index >= 15 is 0 Å². The summed E-state index contributed by atoms with van der Waals surface area (Å²) in [5.74, 6) is 0.261. The molecule has 84 valence electrons. The van der Waals surface area contributed by atoms with Crippen LogP contribution in [0.2, 0.25) is 0 Å². The second-order valence-corrected chi connectivity index (χ2v) is 4.92. The number of hydrogen-bond donors (Lipinski definition) is 1. The quantitative estimate of drug-likeness (QED) is 0.800. The summed E-state index contributed by atoms with van der Waals surface area (Å²) in [6, 6.07) is 10.4. The van der Waals surface area contributed by atoms with E-state index in [1.807, 2.05) is 6.07 Å². The number of benzene rings is 1. The predicted octanol–water partition coefficient (Wildman–Crippen LogP) is 1.01. The van der Waals surface area contributed by atoms with Crippen LogP contribution in [0.5, 0.6) is 0 Å². The molecule has 1 amide bonds. The van der Waals surface area contributed by atoms with Gasteiger partial charge in [-0.1, -0.05) is 30.3 Å². The van der Waals surface area contributed by atoms with Crippen molar-refractivity contribution in [2.45, 2.75) is 13.0 Å². The highest BCUT2D eigenvalue weighted by atomic mass is 16.2. The van der Waals surface area contributed by atoms with Gasteiger partial charge in [-0.05, 0) is 12.0 Å². The van der Waals surface area contributed by atoms with E-state index in [2.05, 4.69) is 34.5 Å². The minimum atomic E-state index is -0.0468. The Kier molecular flexibility index (Phi) is 2.21. The number of hydrogen-bond acceptors (Lipinski definition) is 2. The zero-order valence-electron chi connectivity index (χ0n) is 9.28. The highest BCUT2D eigenvalue weighted by Crippen LogP contribution is 2.37. The molecule has 3 nitrogen and oxygen atoms in total. The lowest BCUT2D eigenvalue weighted by Gasteiger charge is -2.46. The molecule has 1 aromatic rings. The molecule has 0 saturated carbocycles.